The van der Waals surface area contributed by atoms with Gasteiger partial charge in [0.05, 0.1) is 17.5 Å². The van der Waals surface area contributed by atoms with Crippen molar-refractivity contribution in [3.05, 3.63) is 47.3 Å². The van der Waals surface area contributed by atoms with E-state index in [0.29, 0.717) is 30.7 Å². The van der Waals surface area contributed by atoms with E-state index >= 15 is 0 Å². The lowest BCUT2D eigenvalue weighted by molar-refractivity contribution is -0.139. The van der Waals surface area contributed by atoms with Crippen LogP contribution in [0.5, 0.6) is 0 Å². The number of fused-ring (bicyclic) bond motifs is 1. The lowest BCUT2D eigenvalue weighted by Crippen LogP contribution is -2.54. The maximum atomic E-state index is 13.9. The lowest BCUT2D eigenvalue weighted by Gasteiger charge is -2.31. The van der Waals surface area contributed by atoms with E-state index in [4.69, 9.17) is 0 Å². The van der Waals surface area contributed by atoms with Gasteiger partial charge in [0, 0.05) is 18.3 Å². The summed E-state index contributed by atoms with van der Waals surface area (Å²) in [5.41, 5.74) is 1.02. The molecule has 0 saturated carbocycles. The van der Waals surface area contributed by atoms with Crippen LogP contribution >= 0.6 is 11.3 Å². The summed E-state index contributed by atoms with van der Waals surface area (Å²) >= 11 is 1.36. The lowest BCUT2D eigenvalue weighted by atomic mass is 9.97. The first-order chi connectivity index (χ1) is 19.5. The summed E-state index contributed by atoms with van der Waals surface area (Å²) in [4.78, 5) is 70.3. The Labute approximate surface area is 245 Å². The van der Waals surface area contributed by atoms with Gasteiger partial charge < -0.3 is 20.4 Å². The van der Waals surface area contributed by atoms with Crippen molar-refractivity contribution < 1.29 is 24.0 Å². The third kappa shape index (κ3) is 6.69. The molecule has 3 heterocycles. The molecule has 4 amide bonds. The van der Waals surface area contributed by atoms with Gasteiger partial charge in [0.1, 0.15) is 18.1 Å². The molecule has 1 aromatic heterocycles. The highest BCUT2D eigenvalue weighted by atomic mass is 32.1. The molecule has 2 aliphatic rings. The van der Waals surface area contributed by atoms with Crippen LogP contribution < -0.4 is 10.6 Å². The van der Waals surface area contributed by atoms with E-state index in [1.165, 1.54) is 18.3 Å². The van der Waals surface area contributed by atoms with Crippen molar-refractivity contribution in [1.29, 1.82) is 0 Å². The number of benzene rings is 1. The molecule has 0 radical (unpaired) electrons. The maximum Gasteiger partial charge on any atom is 0.262 e. The number of carbonyl (C=O) groups is 5. The highest BCUT2D eigenvalue weighted by molar-refractivity contribution is 7.17. The molecule has 5 atom stereocenters. The van der Waals surface area contributed by atoms with E-state index in [-0.39, 0.29) is 47.8 Å². The van der Waals surface area contributed by atoms with Gasteiger partial charge in [0.2, 0.25) is 17.7 Å². The first-order valence-electron chi connectivity index (χ1n) is 14.4. The highest BCUT2D eigenvalue weighted by Crippen LogP contribution is 2.32. The normalized spacial score (nSPS) is 20.5. The third-order valence-electron chi connectivity index (χ3n) is 8.02. The molecule has 2 N–H and O–H groups in total. The van der Waals surface area contributed by atoms with Crippen LogP contribution in [0, 0.1) is 11.8 Å². The molecule has 41 heavy (non-hydrogen) atoms. The minimum atomic E-state index is -0.798. The van der Waals surface area contributed by atoms with Crippen molar-refractivity contribution in [2.75, 3.05) is 13.1 Å². The number of likely N-dealkylation sites (tertiary alicyclic amines) is 2. The molecular weight excluding hydrogens is 540 g/mol. The van der Waals surface area contributed by atoms with E-state index < -0.39 is 24.2 Å². The van der Waals surface area contributed by atoms with Gasteiger partial charge in [0.25, 0.3) is 5.91 Å². The number of amides is 4. The Hall–Kier alpha value is -3.53. The second-order valence-corrected chi connectivity index (χ2v) is 12.6. The van der Waals surface area contributed by atoms with Crippen LogP contribution in [0.4, 0.5) is 0 Å². The van der Waals surface area contributed by atoms with Crippen molar-refractivity contribution >= 4 is 40.7 Å². The smallest absolute Gasteiger partial charge is 0.262 e. The molecule has 0 aliphatic carbocycles. The van der Waals surface area contributed by atoms with Gasteiger partial charge in [-0.15, -0.1) is 11.3 Å². The number of carbonyl (C=O) groups excluding carboxylic acids is 5. The molecule has 0 spiro atoms. The Morgan fingerprint density at radius 2 is 1.68 bits per heavy atom. The van der Waals surface area contributed by atoms with E-state index in [1.807, 2.05) is 64.1 Å². The molecule has 2 fully saturated rings. The van der Waals surface area contributed by atoms with E-state index in [0.717, 1.165) is 10.4 Å². The van der Waals surface area contributed by atoms with Gasteiger partial charge in [-0.3, -0.25) is 24.0 Å². The van der Waals surface area contributed by atoms with Crippen LogP contribution in [0.3, 0.4) is 0 Å². The third-order valence-corrected chi connectivity index (χ3v) is 9.16. The molecule has 1 aromatic carbocycles. The Balaban J connectivity index is 1.49. The second-order valence-electron chi connectivity index (χ2n) is 11.5. The van der Waals surface area contributed by atoms with Gasteiger partial charge in [-0.05, 0) is 42.4 Å². The number of nitrogens with zero attached hydrogens (tertiary/aromatic N) is 2. The Kier molecular flexibility index (Phi) is 9.63. The number of nitrogens with one attached hydrogen (secondary N) is 2. The summed E-state index contributed by atoms with van der Waals surface area (Å²) in [6.07, 6.45) is 1.57. The minimum absolute atomic E-state index is 0.0941. The zero-order valence-corrected chi connectivity index (χ0v) is 25.2. The SMILES string of the molecule is CCC(C)C(NC(C)=O)C(=O)N1CC(=O)C2C1CCN2C(=O)C(CC(C)C)NC(=O)c1ccc(-c2ccccc2)s1. The number of hydrogen-bond donors (Lipinski definition) is 2. The number of thiophene rings is 1. The average Bonchev–Trinajstić information content (AvgIpc) is 3.68. The van der Waals surface area contributed by atoms with Gasteiger partial charge in [-0.25, -0.2) is 0 Å². The van der Waals surface area contributed by atoms with Crippen LogP contribution in [-0.2, 0) is 19.2 Å². The molecule has 220 valence electrons. The molecule has 5 unspecified atom stereocenters. The number of Topliss-reactive ketones (excluding diaryl/α,β-unsaturated/α-hetero) is 1. The van der Waals surface area contributed by atoms with E-state index in [1.54, 1.807) is 15.9 Å². The minimum Gasteiger partial charge on any atom is -0.344 e. The Morgan fingerprint density at radius 1 is 0.976 bits per heavy atom. The van der Waals surface area contributed by atoms with Crippen molar-refractivity contribution in [2.24, 2.45) is 11.8 Å². The summed E-state index contributed by atoms with van der Waals surface area (Å²) in [5, 5.41) is 5.69. The van der Waals surface area contributed by atoms with Gasteiger partial charge >= 0.3 is 0 Å². The number of hydrogen-bond acceptors (Lipinski definition) is 6. The fourth-order valence-electron chi connectivity index (χ4n) is 5.78. The fraction of sp³-hybridized carbons (Fsp3) is 0.516. The number of ketones is 1. The summed E-state index contributed by atoms with van der Waals surface area (Å²) in [7, 11) is 0. The molecule has 2 aromatic rings. The topological polar surface area (TPSA) is 116 Å². The molecule has 4 rings (SSSR count). The van der Waals surface area contributed by atoms with Crippen LogP contribution in [0.2, 0.25) is 0 Å². The Bertz CT molecular complexity index is 1290. The fourth-order valence-corrected chi connectivity index (χ4v) is 6.69. The van der Waals surface area contributed by atoms with Crippen LogP contribution in [0.15, 0.2) is 42.5 Å². The summed E-state index contributed by atoms with van der Waals surface area (Å²) in [6, 6.07) is 10.7. The van der Waals surface area contributed by atoms with Gasteiger partial charge in [-0.2, -0.15) is 0 Å². The van der Waals surface area contributed by atoms with Crippen molar-refractivity contribution in [1.82, 2.24) is 20.4 Å². The molecule has 2 saturated heterocycles. The second kappa shape index (κ2) is 13.0. The van der Waals surface area contributed by atoms with Crippen molar-refractivity contribution in [2.45, 2.75) is 78.0 Å². The van der Waals surface area contributed by atoms with Gasteiger partial charge in [-0.1, -0.05) is 64.4 Å². The predicted octanol–water partition coefficient (Wildman–Crippen LogP) is 3.49. The van der Waals surface area contributed by atoms with Crippen molar-refractivity contribution in [3.63, 3.8) is 0 Å². The molecule has 10 heteroatoms. The standard InChI is InChI=1S/C31H40N4O5S/c1-6-19(4)27(32-20(5)36)31(40)35-17-24(37)28-23(35)14-15-34(28)30(39)22(16-18(2)3)33-29(38)26-13-12-25(41-26)21-10-8-7-9-11-21/h7-13,18-19,22-23,27-28H,6,14-17H2,1-5H3,(H,32,36)(H,33,38). The van der Waals surface area contributed by atoms with Crippen LogP contribution in [0.25, 0.3) is 10.4 Å². The largest absolute Gasteiger partial charge is 0.344 e. The van der Waals surface area contributed by atoms with Crippen LogP contribution in [-0.4, -0.2) is 76.5 Å². The summed E-state index contributed by atoms with van der Waals surface area (Å²) < 4.78 is 0. The zero-order valence-electron chi connectivity index (χ0n) is 24.4. The number of rotatable bonds is 10. The summed E-state index contributed by atoms with van der Waals surface area (Å²) in [5.74, 6) is -1.40. The average molecular weight is 581 g/mol. The van der Waals surface area contributed by atoms with Gasteiger partial charge in [0.15, 0.2) is 5.78 Å². The van der Waals surface area contributed by atoms with E-state index in [9.17, 15) is 24.0 Å². The highest BCUT2D eigenvalue weighted by Gasteiger charge is 2.53. The maximum absolute atomic E-state index is 13.9. The molecule has 2 aliphatic heterocycles. The molecule has 0 bridgehead atoms. The summed E-state index contributed by atoms with van der Waals surface area (Å²) in [6.45, 7) is 9.41. The monoisotopic (exact) mass is 580 g/mol. The van der Waals surface area contributed by atoms with Crippen molar-refractivity contribution in [3.8, 4) is 10.4 Å². The first kappa shape index (κ1) is 30.4. The molecule has 9 nitrogen and oxygen atoms in total. The van der Waals surface area contributed by atoms with Crippen LogP contribution in [0.1, 0.15) is 63.6 Å². The quantitative estimate of drug-likeness (QED) is 0.447. The zero-order chi connectivity index (χ0) is 29.8. The predicted molar refractivity (Wildman–Crippen MR) is 158 cm³/mol. The molecular formula is C31H40N4O5S. The first-order valence-corrected chi connectivity index (χ1v) is 15.2. The Morgan fingerprint density at radius 3 is 2.32 bits per heavy atom. The van der Waals surface area contributed by atoms with E-state index in [2.05, 4.69) is 10.6 Å².